The maximum absolute atomic E-state index is 13.5. The SMILES string of the molecule is CC1CC(=O)Nc2cc(OCCc3ncc(C(=O)NC4C(C)(C)C(Oc5ccc(C#N)c(Cl)c5)C4(C)C)cn3)cc(-c3ccc4c(c3)c(-c3cnn(C)c3)nn4C)c2N1. The van der Waals surface area contributed by atoms with Crippen LogP contribution < -0.4 is 25.4 Å². The Morgan fingerprint density at radius 1 is 1.02 bits per heavy atom. The van der Waals surface area contributed by atoms with E-state index >= 15 is 0 Å². The number of nitriles is 1. The van der Waals surface area contributed by atoms with Crippen LogP contribution in [0.4, 0.5) is 11.4 Å². The van der Waals surface area contributed by atoms with Crippen LogP contribution in [0.25, 0.3) is 33.3 Å². The fourth-order valence-electron chi connectivity index (χ4n) is 8.82. The van der Waals surface area contributed by atoms with Crippen molar-refractivity contribution in [1.82, 2.24) is 34.8 Å². The Morgan fingerprint density at radius 3 is 2.47 bits per heavy atom. The predicted molar refractivity (Wildman–Crippen MR) is 225 cm³/mol. The van der Waals surface area contributed by atoms with Gasteiger partial charge in [0.15, 0.2) is 0 Å². The molecule has 3 N–H and O–H groups in total. The molecule has 8 rings (SSSR count). The van der Waals surface area contributed by atoms with Crippen molar-refractivity contribution in [1.29, 1.82) is 5.26 Å². The smallest absolute Gasteiger partial charge is 0.254 e. The monoisotopic (exact) mass is 812 g/mol. The number of benzene rings is 3. The van der Waals surface area contributed by atoms with E-state index in [0.717, 1.165) is 39.0 Å². The average molecular weight is 813 g/mol. The van der Waals surface area contributed by atoms with Crippen molar-refractivity contribution in [3.05, 3.63) is 95.3 Å². The molecule has 0 spiro atoms. The van der Waals surface area contributed by atoms with E-state index in [1.54, 1.807) is 29.1 Å². The van der Waals surface area contributed by atoms with Crippen molar-refractivity contribution >= 4 is 45.7 Å². The number of rotatable bonds is 10. The summed E-state index contributed by atoms with van der Waals surface area (Å²) >= 11 is 6.25. The normalized spacial score (nSPS) is 19.0. The van der Waals surface area contributed by atoms with Crippen molar-refractivity contribution in [2.24, 2.45) is 24.9 Å². The van der Waals surface area contributed by atoms with Gasteiger partial charge < -0.3 is 25.4 Å². The number of hydrogen-bond acceptors (Lipinski definition) is 10. The second kappa shape index (κ2) is 15.0. The van der Waals surface area contributed by atoms with Crippen LogP contribution in [0, 0.1) is 22.2 Å². The molecule has 2 aliphatic rings. The summed E-state index contributed by atoms with van der Waals surface area (Å²) in [7, 11) is 3.80. The van der Waals surface area contributed by atoms with E-state index in [1.165, 1.54) is 12.4 Å². The summed E-state index contributed by atoms with van der Waals surface area (Å²) in [4.78, 5) is 35.3. The number of aryl methyl sites for hydroxylation is 2. The molecule has 15 heteroatoms. The van der Waals surface area contributed by atoms with E-state index in [0.29, 0.717) is 52.0 Å². The second-order valence-corrected chi connectivity index (χ2v) is 17.0. The first kappa shape index (κ1) is 39.4. The third-order valence-corrected chi connectivity index (χ3v) is 11.7. The lowest BCUT2D eigenvalue weighted by Crippen LogP contribution is -2.74. The summed E-state index contributed by atoms with van der Waals surface area (Å²) in [5, 5.41) is 29.5. The van der Waals surface area contributed by atoms with Crippen LogP contribution in [0.2, 0.25) is 5.02 Å². The maximum atomic E-state index is 13.5. The molecule has 0 saturated heterocycles. The van der Waals surface area contributed by atoms with E-state index in [1.807, 2.05) is 56.2 Å². The Kier molecular flexibility index (Phi) is 10.0. The molecule has 59 heavy (non-hydrogen) atoms. The molecule has 6 aromatic rings. The van der Waals surface area contributed by atoms with Crippen molar-refractivity contribution in [3.63, 3.8) is 0 Å². The molecule has 14 nitrogen and oxygen atoms in total. The summed E-state index contributed by atoms with van der Waals surface area (Å²) in [5.41, 5.74) is 5.85. The van der Waals surface area contributed by atoms with E-state index in [2.05, 4.69) is 70.8 Å². The number of nitrogens with zero attached hydrogens (tertiary/aromatic N) is 7. The molecular formula is C44H45ClN10O4. The number of fused-ring (bicyclic) bond motifs is 2. The molecule has 1 atom stereocenters. The van der Waals surface area contributed by atoms with Gasteiger partial charge >= 0.3 is 0 Å². The lowest BCUT2D eigenvalue weighted by Gasteiger charge is -2.63. The van der Waals surface area contributed by atoms with Crippen LogP contribution in [0.5, 0.6) is 11.5 Å². The number of nitrogens with one attached hydrogen (secondary N) is 3. The lowest BCUT2D eigenvalue weighted by molar-refractivity contribution is -0.164. The average Bonchev–Trinajstić information content (AvgIpc) is 3.73. The van der Waals surface area contributed by atoms with Gasteiger partial charge in [-0.15, -0.1) is 0 Å². The minimum Gasteiger partial charge on any atom is -0.493 e. The minimum atomic E-state index is -0.418. The summed E-state index contributed by atoms with van der Waals surface area (Å²) in [6.45, 7) is 10.4. The van der Waals surface area contributed by atoms with Crippen LogP contribution in [0.3, 0.4) is 0 Å². The Labute approximate surface area is 346 Å². The van der Waals surface area contributed by atoms with Crippen LogP contribution in [0.1, 0.15) is 62.8 Å². The first-order chi connectivity index (χ1) is 28.1. The third-order valence-electron chi connectivity index (χ3n) is 11.4. The molecule has 1 unspecified atom stereocenters. The van der Waals surface area contributed by atoms with Gasteiger partial charge in [-0.2, -0.15) is 15.5 Å². The number of halogens is 1. The fraction of sp³-hybridized carbons (Fsp3) is 0.341. The van der Waals surface area contributed by atoms with Gasteiger partial charge in [0, 0.05) is 97.1 Å². The number of aromatic nitrogens is 6. The number of anilines is 2. The molecule has 3 aromatic carbocycles. The molecule has 4 heterocycles. The van der Waals surface area contributed by atoms with E-state index in [4.69, 9.17) is 26.2 Å². The quantitative estimate of drug-likeness (QED) is 0.127. The van der Waals surface area contributed by atoms with Crippen LogP contribution in [0.15, 0.2) is 73.3 Å². The molecule has 1 fully saturated rings. The highest BCUT2D eigenvalue weighted by atomic mass is 35.5. The van der Waals surface area contributed by atoms with Crippen molar-refractivity contribution in [2.75, 3.05) is 17.2 Å². The van der Waals surface area contributed by atoms with Gasteiger partial charge in [0.1, 0.15) is 35.2 Å². The van der Waals surface area contributed by atoms with Gasteiger partial charge in [-0.1, -0.05) is 45.4 Å². The number of hydrogen-bond donors (Lipinski definition) is 3. The number of carbonyl (C=O) groups is 2. The lowest BCUT2D eigenvalue weighted by atomic mass is 9.49. The Morgan fingerprint density at radius 2 is 1.78 bits per heavy atom. The Balaban J connectivity index is 0.959. The van der Waals surface area contributed by atoms with E-state index < -0.39 is 10.8 Å². The van der Waals surface area contributed by atoms with Gasteiger partial charge in [0.05, 0.1) is 45.8 Å². The molecule has 1 aliphatic carbocycles. The minimum absolute atomic E-state index is 0.0861. The zero-order chi connectivity index (χ0) is 41.8. The largest absolute Gasteiger partial charge is 0.493 e. The van der Waals surface area contributed by atoms with Gasteiger partial charge in [-0.25, -0.2) is 9.97 Å². The zero-order valence-corrected chi connectivity index (χ0v) is 34.7. The van der Waals surface area contributed by atoms with Crippen molar-refractivity contribution in [2.45, 2.75) is 65.6 Å². The molecule has 302 valence electrons. The van der Waals surface area contributed by atoms with Crippen LogP contribution in [-0.2, 0) is 25.3 Å². The molecule has 1 aliphatic heterocycles. The summed E-state index contributed by atoms with van der Waals surface area (Å²) < 4.78 is 16.3. The van der Waals surface area contributed by atoms with Crippen molar-refractivity contribution in [3.8, 4) is 40.0 Å². The first-order valence-electron chi connectivity index (χ1n) is 19.4. The highest BCUT2D eigenvalue weighted by Crippen LogP contribution is 2.55. The molecule has 0 bridgehead atoms. The number of carbonyl (C=O) groups excluding carboxylic acids is 2. The van der Waals surface area contributed by atoms with Gasteiger partial charge in [-0.05, 0) is 42.8 Å². The van der Waals surface area contributed by atoms with Crippen LogP contribution >= 0.6 is 11.6 Å². The number of ether oxygens (including phenoxy) is 2. The molecule has 1 saturated carbocycles. The number of amides is 2. The predicted octanol–water partition coefficient (Wildman–Crippen LogP) is 7.33. The fourth-order valence-corrected chi connectivity index (χ4v) is 9.03. The molecule has 2 amide bonds. The summed E-state index contributed by atoms with van der Waals surface area (Å²) in [6, 6.07) is 16.8. The Hall–Kier alpha value is -6.46. The zero-order valence-electron chi connectivity index (χ0n) is 33.9. The van der Waals surface area contributed by atoms with Gasteiger partial charge in [0.25, 0.3) is 5.91 Å². The van der Waals surface area contributed by atoms with Gasteiger partial charge in [-0.3, -0.25) is 19.0 Å². The third kappa shape index (κ3) is 7.42. The van der Waals surface area contributed by atoms with Crippen molar-refractivity contribution < 1.29 is 19.1 Å². The maximum Gasteiger partial charge on any atom is 0.254 e. The summed E-state index contributed by atoms with van der Waals surface area (Å²) in [6.07, 6.45) is 7.28. The summed E-state index contributed by atoms with van der Waals surface area (Å²) in [5.74, 6) is 1.29. The van der Waals surface area contributed by atoms with Crippen LogP contribution in [-0.4, -0.2) is 66.1 Å². The van der Waals surface area contributed by atoms with E-state index in [9.17, 15) is 14.9 Å². The first-order valence-corrected chi connectivity index (χ1v) is 19.8. The highest BCUT2D eigenvalue weighted by molar-refractivity contribution is 6.31. The van der Waals surface area contributed by atoms with Gasteiger partial charge in [0.2, 0.25) is 5.91 Å². The highest BCUT2D eigenvalue weighted by Gasteiger charge is 2.64. The standard InChI is InChI=1S/C44H45ClN10O4/c1-24-14-37(56)51-34-18-30(16-31(39(34)50-24)25-9-11-35-32(15-25)38(53-55(35)7)28-22-49-54(6)23-28)58-13-12-36-47-20-27(21-48-36)40(57)52-41-43(2,3)42(44(41,4)5)59-29-10-8-26(19-46)33(45)17-29/h8-11,15-18,20-24,41-42,50H,12-14H2,1-7H3,(H,51,56)(H,52,57). The second-order valence-electron chi connectivity index (χ2n) is 16.6. The molecule has 0 radical (unpaired) electrons. The Bertz CT molecular complexity index is 2640. The molecular weight excluding hydrogens is 768 g/mol. The topological polar surface area (TPSA) is 174 Å². The molecule has 3 aromatic heterocycles. The van der Waals surface area contributed by atoms with E-state index in [-0.39, 0.29) is 36.6 Å².